The standard InChI is InChI=1S/C7HBrClF3N2O/c8-3-1-4(9)5(2-13)14-6(3)15-7(10,11)12/h1H. The molecule has 1 aromatic heterocycles. The molecule has 0 atom stereocenters. The third-order valence-corrected chi connectivity index (χ3v) is 2.07. The van der Waals surface area contributed by atoms with Crippen molar-refractivity contribution in [3.05, 3.63) is 21.3 Å². The van der Waals surface area contributed by atoms with Crippen LogP contribution in [0.25, 0.3) is 0 Å². The lowest BCUT2D eigenvalue weighted by atomic mass is 10.4. The number of alkyl halides is 3. The van der Waals surface area contributed by atoms with E-state index in [2.05, 4.69) is 25.7 Å². The summed E-state index contributed by atoms with van der Waals surface area (Å²) in [5.41, 5.74) is -0.334. The van der Waals surface area contributed by atoms with Gasteiger partial charge < -0.3 is 4.74 Å². The van der Waals surface area contributed by atoms with Gasteiger partial charge in [-0.3, -0.25) is 0 Å². The van der Waals surface area contributed by atoms with Crippen molar-refractivity contribution >= 4 is 27.5 Å². The lowest BCUT2D eigenvalue weighted by Crippen LogP contribution is -2.18. The monoisotopic (exact) mass is 300 g/mol. The third kappa shape index (κ3) is 3.25. The van der Waals surface area contributed by atoms with Crippen molar-refractivity contribution in [2.45, 2.75) is 6.36 Å². The van der Waals surface area contributed by atoms with Crippen LogP contribution in [0.15, 0.2) is 10.5 Å². The van der Waals surface area contributed by atoms with Gasteiger partial charge in [0, 0.05) is 0 Å². The minimum atomic E-state index is -4.87. The molecule has 1 rings (SSSR count). The Bertz CT molecular complexity index is 429. The van der Waals surface area contributed by atoms with Crippen molar-refractivity contribution in [1.29, 1.82) is 5.26 Å². The zero-order valence-corrected chi connectivity index (χ0v) is 9.11. The number of nitriles is 1. The Morgan fingerprint density at radius 2 is 2.13 bits per heavy atom. The summed E-state index contributed by atoms with van der Waals surface area (Å²) in [6, 6.07) is 2.64. The maximum atomic E-state index is 11.9. The molecule has 0 N–H and O–H groups in total. The first-order chi connectivity index (χ1) is 6.83. The third-order valence-electron chi connectivity index (χ3n) is 1.22. The number of hydrogen-bond acceptors (Lipinski definition) is 3. The summed E-state index contributed by atoms with van der Waals surface area (Å²) in [6.45, 7) is 0. The molecular weight excluding hydrogens is 300 g/mol. The van der Waals surface area contributed by atoms with Gasteiger partial charge in [-0.05, 0) is 22.0 Å². The average Bonchev–Trinajstić information content (AvgIpc) is 2.07. The van der Waals surface area contributed by atoms with Crippen LogP contribution < -0.4 is 4.74 Å². The molecule has 0 saturated heterocycles. The SMILES string of the molecule is N#Cc1nc(OC(F)(F)F)c(Br)cc1Cl. The summed E-state index contributed by atoms with van der Waals surface area (Å²) in [7, 11) is 0. The molecule has 8 heteroatoms. The second-order valence-corrected chi connectivity index (χ2v) is 3.53. The lowest BCUT2D eigenvalue weighted by Gasteiger charge is -2.09. The molecule has 0 saturated carbocycles. The van der Waals surface area contributed by atoms with Gasteiger partial charge >= 0.3 is 6.36 Å². The predicted molar refractivity (Wildman–Crippen MR) is 48.3 cm³/mol. The molecule has 0 spiro atoms. The summed E-state index contributed by atoms with van der Waals surface area (Å²) in [4.78, 5) is 3.29. The predicted octanol–water partition coefficient (Wildman–Crippen LogP) is 3.27. The Hall–Kier alpha value is -1.00. The van der Waals surface area contributed by atoms with Gasteiger partial charge in [0.05, 0.1) is 9.50 Å². The molecule has 1 heterocycles. The summed E-state index contributed by atoms with van der Waals surface area (Å²) in [5, 5.41) is 8.43. The molecule has 0 amide bonds. The topological polar surface area (TPSA) is 45.9 Å². The van der Waals surface area contributed by atoms with Crippen molar-refractivity contribution in [1.82, 2.24) is 4.98 Å². The number of ether oxygens (including phenoxy) is 1. The first-order valence-electron chi connectivity index (χ1n) is 3.35. The van der Waals surface area contributed by atoms with Gasteiger partial charge in [0.1, 0.15) is 6.07 Å². The van der Waals surface area contributed by atoms with Gasteiger partial charge in [0.25, 0.3) is 0 Å². The zero-order chi connectivity index (χ0) is 11.6. The van der Waals surface area contributed by atoms with Gasteiger partial charge in [0.2, 0.25) is 5.88 Å². The van der Waals surface area contributed by atoms with Gasteiger partial charge in [0.15, 0.2) is 5.69 Å². The fraction of sp³-hybridized carbons (Fsp3) is 0.143. The van der Waals surface area contributed by atoms with Crippen LogP contribution in [0.1, 0.15) is 5.69 Å². The fourth-order valence-corrected chi connectivity index (χ4v) is 1.43. The molecule has 0 aliphatic rings. The largest absolute Gasteiger partial charge is 0.574 e. The highest BCUT2D eigenvalue weighted by molar-refractivity contribution is 9.10. The van der Waals surface area contributed by atoms with E-state index in [0.717, 1.165) is 6.07 Å². The molecule has 0 fully saturated rings. The molecule has 3 nitrogen and oxygen atoms in total. The van der Waals surface area contributed by atoms with Crippen LogP contribution >= 0.6 is 27.5 Å². The van der Waals surface area contributed by atoms with Crippen LogP contribution in [0.2, 0.25) is 5.02 Å². The van der Waals surface area contributed by atoms with Crippen LogP contribution in [0.5, 0.6) is 5.88 Å². The normalized spacial score (nSPS) is 10.9. The van der Waals surface area contributed by atoms with E-state index < -0.39 is 12.2 Å². The second-order valence-electron chi connectivity index (χ2n) is 2.27. The first-order valence-corrected chi connectivity index (χ1v) is 4.52. The van der Waals surface area contributed by atoms with Crippen LogP contribution in [0.3, 0.4) is 0 Å². The quantitative estimate of drug-likeness (QED) is 0.800. The summed E-state index contributed by atoms with van der Waals surface area (Å²) < 4.78 is 39.1. The van der Waals surface area contributed by atoms with E-state index in [9.17, 15) is 13.2 Å². The second kappa shape index (κ2) is 4.24. The van der Waals surface area contributed by atoms with Crippen molar-refractivity contribution in [2.75, 3.05) is 0 Å². The fourth-order valence-electron chi connectivity index (χ4n) is 0.709. The molecule has 0 unspecified atom stereocenters. The van der Waals surface area contributed by atoms with E-state index in [0.29, 0.717) is 0 Å². The maximum Gasteiger partial charge on any atom is 0.574 e. The van der Waals surface area contributed by atoms with Crippen LogP contribution in [-0.2, 0) is 0 Å². The van der Waals surface area contributed by atoms with E-state index in [1.807, 2.05) is 0 Å². The Kier molecular flexibility index (Phi) is 3.42. The molecular formula is C7HBrClF3N2O. The summed E-state index contributed by atoms with van der Waals surface area (Å²) in [5.74, 6) is -0.747. The van der Waals surface area contributed by atoms with Gasteiger partial charge in [-0.15, -0.1) is 13.2 Å². The molecule has 0 aromatic carbocycles. The average molecular weight is 301 g/mol. The Morgan fingerprint density at radius 1 is 1.53 bits per heavy atom. The van der Waals surface area contributed by atoms with Crippen molar-refractivity contribution in [2.24, 2.45) is 0 Å². The number of pyridine rings is 1. The number of halogens is 5. The summed E-state index contributed by atoms with van der Waals surface area (Å²) in [6.07, 6.45) is -4.87. The molecule has 15 heavy (non-hydrogen) atoms. The molecule has 0 bridgehead atoms. The zero-order valence-electron chi connectivity index (χ0n) is 6.77. The number of hydrogen-bond donors (Lipinski definition) is 0. The molecule has 0 radical (unpaired) electrons. The molecule has 80 valence electrons. The van der Waals surface area contributed by atoms with Crippen molar-refractivity contribution < 1.29 is 17.9 Å². The molecule has 0 aliphatic heterocycles. The maximum absolute atomic E-state index is 11.9. The lowest BCUT2D eigenvalue weighted by molar-refractivity contribution is -0.276. The van der Waals surface area contributed by atoms with E-state index in [1.54, 1.807) is 0 Å². The minimum Gasteiger partial charge on any atom is -0.387 e. The van der Waals surface area contributed by atoms with E-state index in [1.165, 1.54) is 6.07 Å². The highest BCUT2D eigenvalue weighted by atomic mass is 79.9. The number of aromatic nitrogens is 1. The Morgan fingerprint density at radius 3 is 2.60 bits per heavy atom. The van der Waals surface area contributed by atoms with E-state index in [-0.39, 0.29) is 15.2 Å². The van der Waals surface area contributed by atoms with Crippen molar-refractivity contribution in [3.63, 3.8) is 0 Å². The van der Waals surface area contributed by atoms with E-state index in [4.69, 9.17) is 16.9 Å². The van der Waals surface area contributed by atoms with Gasteiger partial charge in [-0.1, -0.05) is 11.6 Å². The number of nitrogens with zero attached hydrogens (tertiary/aromatic N) is 2. The summed E-state index contributed by atoms with van der Waals surface area (Å²) >= 11 is 8.30. The highest BCUT2D eigenvalue weighted by Gasteiger charge is 2.33. The van der Waals surface area contributed by atoms with E-state index >= 15 is 0 Å². The minimum absolute atomic E-state index is 0.0566. The smallest absolute Gasteiger partial charge is 0.387 e. The van der Waals surface area contributed by atoms with Crippen LogP contribution in [0.4, 0.5) is 13.2 Å². The van der Waals surface area contributed by atoms with Gasteiger partial charge in [-0.25, -0.2) is 0 Å². The highest BCUT2D eigenvalue weighted by Crippen LogP contribution is 2.31. The van der Waals surface area contributed by atoms with Crippen LogP contribution in [-0.4, -0.2) is 11.3 Å². The van der Waals surface area contributed by atoms with Crippen molar-refractivity contribution in [3.8, 4) is 11.9 Å². The van der Waals surface area contributed by atoms with Gasteiger partial charge in [-0.2, -0.15) is 10.2 Å². The molecule has 0 aliphatic carbocycles. The molecule has 1 aromatic rings. The number of rotatable bonds is 1. The first kappa shape index (κ1) is 12.1. The Balaban J connectivity index is 3.15. The Labute approximate surface area is 95.6 Å². The van der Waals surface area contributed by atoms with Crippen LogP contribution in [0, 0.1) is 11.3 Å².